The van der Waals surface area contributed by atoms with Gasteiger partial charge < -0.3 is 0 Å². The first-order valence-corrected chi connectivity index (χ1v) is 5.92. The van der Waals surface area contributed by atoms with Crippen molar-refractivity contribution in [3.05, 3.63) is 35.9 Å². The van der Waals surface area contributed by atoms with Gasteiger partial charge in [0, 0.05) is 12.2 Å². The molecule has 1 rings (SSSR count). The molecular weight excluding hydrogens is 221 g/mol. The average Bonchev–Trinajstić information content (AvgIpc) is 2.17. The number of benzene rings is 1. The quantitative estimate of drug-likeness (QED) is 0.686. The summed E-state index contributed by atoms with van der Waals surface area (Å²) in [5, 5.41) is 0. The SMILES string of the molecule is FC(F)(F)CCCSCc1ccccc1. The molecule has 0 saturated carbocycles. The Bertz CT molecular complexity index is 269. The predicted molar refractivity (Wildman–Crippen MR) is 57.9 cm³/mol. The van der Waals surface area contributed by atoms with Crippen molar-refractivity contribution >= 4 is 11.8 Å². The first-order valence-electron chi connectivity index (χ1n) is 4.76. The summed E-state index contributed by atoms with van der Waals surface area (Å²) in [6.07, 6.45) is -4.47. The van der Waals surface area contributed by atoms with E-state index in [0.717, 1.165) is 11.3 Å². The van der Waals surface area contributed by atoms with Crippen LogP contribution < -0.4 is 0 Å². The maximum atomic E-state index is 11.8. The Hall–Kier alpha value is -0.640. The molecule has 0 nitrogen and oxygen atoms in total. The fraction of sp³-hybridized carbons (Fsp3) is 0.455. The van der Waals surface area contributed by atoms with E-state index in [1.807, 2.05) is 30.3 Å². The zero-order chi connectivity index (χ0) is 11.1. The Kier molecular flexibility index (Phi) is 5.02. The molecule has 84 valence electrons. The lowest BCUT2D eigenvalue weighted by atomic mass is 10.2. The molecule has 0 heterocycles. The van der Waals surface area contributed by atoms with E-state index in [-0.39, 0.29) is 6.42 Å². The summed E-state index contributed by atoms with van der Waals surface area (Å²) in [6, 6.07) is 9.77. The van der Waals surface area contributed by atoms with Gasteiger partial charge >= 0.3 is 6.18 Å². The Morgan fingerprint density at radius 2 is 1.73 bits per heavy atom. The largest absolute Gasteiger partial charge is 0.389 e. The van der Waals surface area contributed by atoms with Crippen LogP contribution in [0.25, 0.3) is 0 Å². The molecule has 0 N–H and O–H groups in total. The summed E-state index contributed by atoms with van der Waals surface area (Å²) >= 11 is 1.55. The Balaban J connectivity index is 2.08. The van der Waals surface area contributed by atoms with Gasteiger partial charge in [0.1, 0.15) is 0 Å². The van der Waals surface area contributed by atoms with Gasteiger partial charge in [0.15, 0.2) is 0 Å². The van der Waals surface area contributed by atoms with Gasteiger partial charge in [0.2, 0.25) is 0 Å². The van der Waals surface area contributed by atoms with Gasteiger partial charge in [0.05, 0.1) is 0 Å². The molecule has 1 aromatic carbocycles. The highest BCUT2D eigenvalue weighted by Crippen LogP contribution is 2.23. The third-order valence-electron chi connectivity index (χ3n) is 1.86. The van der Waals surface area contributed by atoms with E-state index >= 15 is 0 Å². The number of thioether (sulfide) groups is 1. The van der Waals surface area contributed by atoms with Crippen molar-refractivity contribution in [2.45, 2.75) is 24.8 Å². The maximum absolute atomic E-state index is 11.8. The first-order chi connectivity index (χ1) is 7.08. The van der Waals surface area contributed by atoms with Crippen LogP contribution in [0, 0.1) is 0 Å². The second kappa shape index (κ2) is 6.05. The van der Waals surface area contributed by atoms with Gasteiger partial charge in [-0.05, 0) is 17.7 Å². The van der Waals surface area contributed by atoms with Crippen LogP contribution in [-0.2, 0) is 5.75 Å². The minimum Gasteiger partial charge on any atom is -0.171 e. The lowest BCUT2D eigenvalue weighted by Gasteiger charge is -2.05. The molecule has 0 aromatic heterocycles. The molecule has 0 unspecified atom stereocenters. The van der Waals surface area contributed by atoms with Crippen LogP contribution in [0.1, 0.15) is 18.4 Å². The van der Waals surface area contributed by atoms with E-state index in [0.29, 0.717) is 5.75 Å². The van der Waals surface area contributed by atoms with Crippen molar-refractivity contribution in [1.82, 2.24) is 0 Å². The third-order valence-corrected chi connectivity index (χ3v) is 2.98. The highest BCUT2D eigenvalue weighted by Gasteiger charge is 2.25. The number of hydrogen-bond donors (Lipinski definition) is 0. The molecule has 0 aliphatic carbocycles. The van der Waals surface area contributed by atoms with E-state index in [9.17, 15) is 13.2 Å². The molecule has 0 saturated heterocycles. The minimum absolute atomic E-state index is 0.209. The molecule has 1 aromatic rings. The molecule has 0 amide bonds. The standard InChI is InChI=1S/C11H13F3S/c12-11(13,14)7-4-8-15-9-10-5-2-1-3-6-10/h1-3,5-6H,4,7-9H2. The van der Waals surface area contributed by atoms with E-state index < -0.39 is 12.6 Å². The average molecular weight is 234 g/mol. The number of alkyl halides is 3. The van der Waals surface area contributed by atoms with Gasteiger partial charge in [-0.3, -0.25) is 0 Å². The van der Waals surface area contributed by atoms with Crippen LogP contribution in [0.15, 0.2) is 30.3 Å². The van der Waals surface area contributed by atoms with E-state index in [4.69, 9.17) is 0 Å². The van der Waals surface area contributed by atoms with E-state index in [1.165, 1.54) is 0 Å². The fourth-order valence-electron chi connectivity index (χ4n) is 1.14. The summed E-state index contributed by atoms with van der Waals surface area (Å²) in [5.41, 5.74) is 1.16. The summed E-state index contributed by atoms with van der Waals surface area (Å²) in [6.45, 7) is 0. The molecule has 0 atom stereocenters. The van der Waals surface area contributed by atoms with Crippen LogP contribution in [0.2, 0.25) is 0 Å². The van der Waals surface area contributed by atoms with E-state index in [2.05, 4.69) is 0 Å². The second-order valence-corrected chi connectivity index (χ2v) is 4.36. The number of halogens is 3. The molecule has 0 bridgehead atoms. The van der Waals surface area contributed by atoms with Gasteiger partial charge in [-0.15, -0.1) is 0 Å². The molecule has 0 aliphatic rings. The molecule has 4 heteroatoms. The van der Waals surface area contributed by atoms with Crippen molar-refractivity contribution in [1.29, 1.82) is 0 Å². The first kappa shape index (κ1) is 12.4. The molecular formula is C11H13F3S. The highest BCUT2D eigenvalue weighted by atomic mass is 32.2. The van der Waals surface area contributed by atoms with Crippen molar-refractivity contribution in [2.24, 2.45) is 0 Å². The minimum atomic E-state index is -4.01. The Morgan fingerprint density at radius 3 is 2.33 bits per heavy atom. The monoisotopic (exact) mass is 234 g/mol. The highest BCUT2D eigenvalue weighted by molar-refractivity contribution is 7.98. The van der Waals surface area contributed by atoms with Crippen molar-refractivity contribution in [3.8, 4) is 0 Å². The van der Waals surface area contributed by atoms with Gasteiger partial charge in [0.25, 0.3) is 0 Å². The molecule has 0 fully saturated rings. The van der Waals surface area contributed by atoms with Crippen LogP contribution in [0.4, 0.5) is 13.2 Å². The third kappa shape index (κ3) is 6.44. The summed E-state index contributed by atoms with van der Waals surface area (Å²) in [5.74, 6) is 1.35. The van der Waals surface area contributed by atoms with Gasteiger partial charge in [-0.2, -0.15) is 24.9 Å². The maximum Gasteiger partial charge on any atom is 0.389 e. The van der Waals surface area contributed by atoms with Gasteiger partial charge in [-0.25, -0.2) is 0 Å². The van der Waals surface area contributed by atoms with Crippen LogP contribution in [-0.4, -0.2) is 11.9 Å². The summed E-state index contributed by atoms with van der Waals surface area (Å²) in [4.78, 5) is 0. The predicted octanol–water partition coefficient (Wildman–Crippen LogP) is 4.26. The van der Waals surface area contributed by atoms with Crippen molar-refractivity contribution in [3.63, 3.8) is 0 Å². The lowest BCUT2D eigenvalue weighted by molar-refractivity contribution is -0.134. The van der Waals surface area contributed by atoms with Crippen molar-refractivity contribution in [2.75, 3.05) is 5.75 Å². The van der Waals surface area contributed by atoms with Crippen LogP contribution >= 0.6 is 11.8 Å². The topological polar surface area (TPSA) is 0 Å². The molecule has 0 radical (unpaired) electrons. The van der Waals surface area contributed by atoms with Gasteiger partial charge in [-0.1, -0.05) is 30.3 Å². The number of hydrogen-bond acceptors (Lipinski definition) is 1. The smallest absolute Gasteiger partial charge is 0.171 e. The Labute approximate surface area is 91.9 Å². The molecule has 0 aliphatic heterocycles. The van der Waals surface area contributed by atoms with E-state index in [1.54, 1.807) is 11.8 Å². The van der Waals surface area contributed by atoms with Crippen LogP contribution in [0.5, 0.6) is 0 Å². The zero-order valence-corrected chi connectivity index (χ0v) is 9.07. The van der Waals surface area contributed by atoms with Crippen molar-refractivity contribution < 1.29 is 13.2 Å². The Morgan fingerprint density at radius 1 is 1.07 bits per heavy atom. The normalized spacial score (nSPS) is 11.7. The second-order valence-electron chi connectivity index (χ2n) is 3.26. The molecule has 15 heavy (non-hydrogen) atoms. The number of rotatable bonds is 5. The molecule has 0 spiro atoms. The zero-order valence-electron chi connectivity index (χ0n) is 8.26. The summed E-state index contributed by atoms with van der Waals surface area (Å²) in [7, 11) is 0. The lowest BCUT2D eigenvalue weighted by Crippen LogP contribution is -2.06. The summed E-state index contributed by atoms with van der Waals surface area (Å²) < 4.78 is 35.4. The van der Waals surface area contributed by atoms with Crippen LogP contribution in [0.3, 0.4) is 0 Å². The fourth-order valence-corrected chi connectivity index (χ4v) is 2.06.